The van der Waals surface area contributed by atoms with Crippen LogP contribution in [0.1, 0.15) is 21.7 Å². The molecule has 3 rings (SSSR count). The first-order valence-electron chi connectivity index (χ1n) is 7.53. The second-order valence-electron chi connectivity index (χ2n) is 5.45. The Hall–Kier alpha value is -3.09. The maximum atomic E-state index is 12.4. The minimum atomic E-state index is -2.88. The Morgan fingerprint density at radius 2 is 1.64 bits per heavy atom. The molecule has 1 amide bonds. The van der Waals surface area contributed by atoms with Gasteiger partial charge in [-0.2, -0.15) is 8.78 Å². The number of aryl methyl sites for hydroxylation is 2. The summed E-state index contributed by atoms with van der Waals surface area (Å²) >= 11 is 0. The van der Waals surface area contributed by atoms with E-state index in [9.17, 15) is 13.6 Å². The second kappa shape index (κ2) is 6.80. The molecule has 0 radical (unpaired) electrons. The first-order valence-corrected chi connectivity index (χ1v) is 7.53. The average Bonchev–Trinajstić information content (AvgIpc) is 2.57. The highest BCUT2D eigenvalue weighted by molar-refractivity contribution is 6.05. The summed E-state index contributed by atoms with van der Waals surface area (Å²) in [7, 11) is 0. The topological polar surface area (TPSA) is 64.1 Å². The number of nitrogens with one attached hydrogen (secondary N) is 1. The van der Waals surface area contributed by atoms with Gasteiger partial charge in [0.15, 0.2) is 0 Å². The Kier molecular flexibility index (Phi) is 4.56. The van der Waals surface area contributed by atoms with E-state index in [1.165, 1.54) is 24.3 Å². The van der Waals surface area contributed by atoms with Crippen LogP contribution in [0, 0.1) is 13.8 Å². The molecule has 2 aromatic carbocycles. The van der Waals surface area contributed by atoms with Crippen molar-refractivity contribution in [2.75, 3.05) is 5.32 Å². The van der Waals surface area contributed by atoms with Crippen LogP contribution in [0.25, 0.3) is 11.0 Å². The molecule has 1 N–H and O–H groups in total. The highest BCUT2D eigenvalue weighted by atomic mass is 19.3. The first-order chi connectivity index (χ1) is 11.9. The number of halogens is 2. The van der Waals surface area contributed by atoms with Crippen molar-refractivity contribution in [3.05, 3.63) is 59.4 Å². The molecule has 3 aromatic rings. The fourth-order valence-electron chi connectivity index (χ4n) is 2.29. The van der Waals surface area contributed by atoms with Gasteiger partial charge in [-0.3, -0.25) is 4.79 Å². The predicted octanol–water partition coefficient (Wildman–Crippen LogP) is 4.10. The minimum absolute atomic E-state index is 0.0276. The summed E-state index contributed by atoms with van der Waals surface area (Å²) in [6, 6.07) is 10.8. The van der Waals surface area contributed by atoms with Crippen molar-refractivity contribution in [3.8, 4) is 5.75 Å². The van der Waals surface area contributed by atoms with Gasteiger partial charge < -0.3 is 10.1 Å². The van der Waals surface area contributed by atoms with Crippen LogP contribution >= 0.6 is 0 Å². The van der Waals surface area contributed by atoms with E-state index in [1.807, 2.05) is 13.8 Å². The summed E-state index contributed by atoms with van der Waals surface area (Å²) in [5.74, 6) is -0.302. The molecule has 0 fully saturated rings. The summed E-state index contributed by atoms with van der Waals surface area (Å²) in [6.45, 7) is 0.854. The molecular weight excluding hydrogens is 328 g/mol. The summed E-state index contributed by atoms with van der Waals surface area (Å²) in [6.07, 6.45) is 0. The van der Waals surface area contributed by atoms with Crippen LogP contribution in [0.5, 0.6) is 5.75 Å². The monoisotopic (exact) mass is 343 g/mol. The molecule has 0 aliphatic rings. The molecular formula is C18H15F2N3O2. The van der Waals surface area contributed by atoms with Gasteiger partial charge in [-0.25, -0.2) is 9.97 Å². The van der Waals surface area contributed by atoms with Crippen molar-refractivity contribution in [1.29, 1.82) is 0 Å². The van der Waals surface area contributed by atoms with Crippen molar-refractivity contribution in [2.24, 2.45) is 0 Å². The molecule has 5 nitrogen and oxygen atoms in total. The third kappa shape index (κ3) is 3.88. The molecule has 1 heterocycles. The van der Waals surface area contributed by atoms with Crippen molar-refractivity contribution in [2.45, 2.75) is 20.5 Å². The summed E-state index contributed by atoms with van der Waals surface area (Å²) in [4.78, 5) is 21.2. The number of hydrogen-bond acceptors (Lipinski definition) is 4. The zero-order chi connectivity index (χ0) is 18.0. The van der Waals surface area contributed by atoms with Gasteiger partial charge in [0, 0.05) is 11.3 Å². The van der Waals surface area contributed by atoms with E-state index in [4.69, 9.17) is 0 Å². The largest absolute Gasteiger partial charge is 0.435 e. The Morgan fingerprint density at radius 3 is 2.28 bits per heavy atom. The third-order valence-corrected chi connectivity index (χ3v) is 3.67. The van der Waals surface area contributed by atoms with Crippen LogP contribution in [0.2, 0.25) is 0 Å². The predicted molar refractivity (Wildman–Crippen MR) is 90.0 cm³/mol. The van der Waals surface area contributed by atoms with E-state index >= 15 is 0 Å². The van der Waals surface area contributed by atoms with Crippen molar-refractivity contribution in [1.82, 2.24) is 9.97 Å². The van der Waals surface area contributed by atoms with Crippen molar-refractivity contribution < 1.29 is 18.3 Å². The average molecular weight is 343 g/mol. The van der Waals surface area contributed by atoms with E-state index < -0.39 is 6.61 Å². The van der Waals surface area contributed by atoms with E-state index in [0.29, 0.717) is 22.3 Å². The van der Waals surface area contributed by atoms with Gasteiger partial charge in [-0.1, -0.05) is 0 Å². The Morgan fingerprint density at radius 1 is 1.00 bits per heavy atom. The van der Waals surface area contributed by atoms with Crippen LogP contribution in [0.4, 0.5) is 14.5 Å². The normalized spacial score (nSPS) is 10.9. The number of nitrogens with zero attached hydrogens (tertiary/aromatic N) is 2. The zero-order valence-corrected chi connectivity index (χ0v) is 13.6. The number of aromatic nitrogens is 2. The number of benzene rings is 2. The van der Waals surface area contributed by atoms with Crippen LogP contribution in [0.3, 0.4) is 0 Å². The van der Waals surface area contributed by atoms with Gasteiger partial charge in [-0.05, 0) is 56.3 Å². The number of carbonyl (C=O) groups excluding carboxylic acids is 1. The Bertz CT molecular complexity index is 928. The number of ether oxygens (including phenoxy) is 1. The SMILES string of the molecule is Cc1nc2ccc(C(=O)Nc3ccc(OC(F)F)cc3)cc2nc1C. The first kappa shape index (κ1) is 16.8. The molecule has 0 spiro atoms. The van der Waals surface area contributed by atoms with E-state index in [1.54, 1.807) is 18.2 Å². The lowest BCUT2D eigenvalue weighted by Gasteiger charge is -2.08. The molecule has 0 saturated carbocycles. The van der Waals surface area contributed by atoms with Crippen molar-refractivity contribution in [3.63, 3.8) is 0 Å². The van der Waals surface area contributed by atoms with Crippen LogP contribution < -0.4 is 10.1 Å². The van der Waals surface area contributed by atoms with E-state index in [2.05, 4.69) is 20.0 Å². The quantitative estimate of drug-likeness (QED) is 0.775. The Balaban J connectivity index is 1.78. The lowest BCUT2D eigenvalue weighted by Crippen LogP contribution is -2.12. The zero-order valence-electron chi connectivity index (χ0n) is 13.6. The molecule has 1 aromatic heterocycles. The molecule has 0 atom stereocenters. The van der Waals surface area contributed by atoms with Crippen LogP contribution in [-0.4, -0.2) is 22.5 Å². The van der Waals surface area contributed by atoms with Gasteiger partial charge in [-0.15, -0.1) is 0 Å². The van der Waals surface area contributed by atoms with Gasteiger partial charge >= 0.3 is 6.61 Å². The summed E-state index contributed by atoms with van der Waals surface area (Å²) in [5.41, 5.74) is 3.90. The third-order valence-electron chi connectivity index (χ3n) is 3.67. The lowest BCUT2D eigenvalue weighted by molar-refractivity contribution is -0.0498. The standard InChI is InChI=1S/C18H15F2N3O2/c1-10-11(2)22-16-9-12(3-8-15(16)21-10)17(24)23-13-4-6-14(7-5-13)25-18(19)20/h3-9,18H,1-2H3,(H,23,24). The van der Waals surface area contributed by atoms with Crippen LogP contribution in [-0.2, 0) is 0 Å². The fourth-order valence-corrected chi connectivity index (χ4v) is 2.29. The molecule has 0 aliphatic carbocycles. The maximum Gasteiger partial charge on any atom is 0.387 e. The molecule has 7 heteroatoms. The maximum absolute atomic E-state index is 12.4. The van der Waals surface area contributed by atoms with E-state index in [0.717, 1.165) is 11.4 Å². The summed E-state index contributed by atoms with van der Waals surface area (Å²) in [5, 5.41) is 2.70. The number of anilines is 1. The smallest absolute Gasteiger partial charge is 0.387 e. The number of fused-ring (bicyclic) bond motifs is 1. The number of carbonyl (C=O) groups is 1. The fraction of sp³-hybridized carbons (Fsp3) is 0.167. The van der Waals surface area contributed by atoms with Crippen LogP contribution in [0.15, 0.2) is 42.5 Å². The number of hydrogen-bond donors (Lipinski definition) is 1. The highest BCUT2D eigenvalue weighted by Gasteiger charge is 2.10. The molecule has 25 heavy (non-hydrogen) atoms. The number of alkyl halides is 2. The van der Waals surface area contributed by atoms with Crippen molar-refractivity contribution >= 4 is 22.6 Å². The Labute approximate surface area is 142 Å². The van der Waals surface area contributed by atoms with Gasteiger partial charge in [0.25, 0.3) is 5.91 Å². The molecule has 0 bridgehead atoms. The van der Waals surface area contributed by atoms with E-state index in [-0.39, 0.29) is 11.7 Å². The summed E-state index contributed by atoms with van der Waals surface area (Å²) < 4.78 is 28.5. The van der Waals surface area contributed by atoms with Gasteiger partial charge in [0.1, 0.15) is 5.75 Å². The highest BCUT2D eigenvalue weighted by Crippen LogP contribution is 2.19. The second-order valence-corrected chi connectivity index (χ2v) is 5.45. The number of rotatable bonds is 4. The number of amides is 1. The lowest BCUT2D eigenvalue weighted by atomic mass is 10.1. The minimum Gasteiger partial charge on any atom is -0.435 e. The molecule has 0 unspecified atom stereocenters. The molecule has 0 saturated heterocycles. The van der Waals surface area contributed by atoms with Gasteiger partial charge in [0.2, 0.25) is 0 Å². The molecule has 128 valence electrons. The molecule has 0 aliphatic heterocycles. The van der Waals surface area contributed by atoms with Gasteiger partial charge in [0.05, 0.1) is 22.4 Å².